The largest absolute Gasteiger partial charge is 0.497 e. The van der Waals surface area contributed by atoms with Crippen molar-refractivity contribution in [3.8, 4) is 17.1 Å². The lowest BCUT2D eigenvalue weighted by atomic mass is 10.1. The van der Waals surface area contributed by atoms with Crippen LogP contribution in [0.2, 0.25) is 0 Å². The Morgan fingerprint density at radius 1 is 1.19 bits per heavy atom. The van der Waals surface area contributed by atoms with Crippen LogP contribution < -0.4 is 15.0 Å². The summed E-state index contributed by atoms with van der Waals surface area (Å²) in [6.07, 6.45) is 1.15. The maximum Gasteiger partial charge on any atom is 0.227 e. The van der Waals surface area contributed by atoms with Gasteiger partial charge in [-0.05, 0) is 48.4 Å². The number of hydrogen-bond donors (Lipinski definition) is 2. The molecule has 1 saturated heterocycles. The molecule has 2 heterocycles. The average molecular weight is 419 g/mol. The summed E-state index contributed by atoms with van der Waals surface area (Å²) in [4.78, 5) is 31.2. The molecule has 2 amide bonds. The number of rotatable bonds is 7. The summed E-state index contributed by atoms with van der Waals surface area (Å²) in [6.45, 7) is 2.69. The molecule has 4 rings (SSSR count). The van der Waals surface area contributed by atoms with Crippen LogP contribution in [-0.2, 0) is 22.6 Å². The quantitative estimate of drug-likeness (QED) is 0.613. The number of benzene rings is 2. The van der Waals surface area contributed by atoms with E-state index < -0.39 is 0 Å². The van der Waals surface area contributed by atoms with Crippen molar-refractivity contribution >= 4 is 17.5 Å². The molecule has 0 saturated carbocycles. The fourth-order valence-corrected chi connectivity index (χ4v) is 3.60. The second-order valence-corrected chi connectivity index (χ2v) is 7.48. The lowest BCUT2D eigenvalue weighted by molar-refractivity contribution is -0.126. The van der Waals surface area contributed by atoms with Gasteiger partial charge in [0.2, 0.25) is 11.8 Å². The third-order valence-corrected chi connectivity index (χ3v) is 5.46. The van der Waals surface area contributed by atoms with E-state index >= 15 is 0 Å². The van der Waals surface area contributed by atoms with E-state index in [0.717, 1.165) is 23.4 Å². The van der Waals surface area contributed by atoms with E-state index in [-0.39, 0.29) is 30.7 Å². The predicted molar refractivity (Wildman–Crippen MR) is 116 cm³/mol. The smallest absolute Gasteiger partial charge is 0.227 e. The van der Waals surface area contributed by atoms with E-state index in [1.807, 2.05) is 48.5 Å². The summed E-state index contributed by atoms with van der Waals surface area (Å²) in [6, 6.07) is 15.3. The Morgan fingerprint density at radius 3 is 2.61 bits per heavy atom. The van der Waals surface area contributed by atoms with Crippen LogP contribution in [0.4, 0.5) is 5.69 Å². The van der Waals surface area contributed by atoms with Gasteiger partial charge in [-0.1, -0.05) is 19.1 Å². The molecule has 8 heteroatoms. The number of carbonyl (C=O) groups excluding carboxylic acids is 2. The monoisotopic (exact) mass is 419 g/mol. The molecule has 1 aliphatic rings. The summed E-state index contributed by atoms with van der Waals surface area (Å²) in [5, 5.41) is 9.92. The molecule has 1 unspecified atom stereocenters. The van der Waals surface area contributed by atoms with Crippen LogP contribution in [-0.4, -0.2) is 40.7 Å². The zero-order valence-corrected chi connectivity index (χ0v) is 17.6. The van der Waals surface area contributed by atoms with Crippen LogP contribution in [0, 0.1) is 5.92 Å². The molecular formula is C23H25N5O3. The van der Waals surface area contributed by atoms with E-state index in [1.54, 1.807) is 12.0 Å². The van der Waals surface area contributed by atoms with Gasteiger partial charge in [0.15, 0.2) is 5.82 Å². The van der Waals surface area contributed by atoms with Crippen LogP contribution in [0.1, 0.15) is 24.7 Å². The van der Waals surface area contributed by atoms with Crippen LogP contribution in [0.25, 0.3) is 11.4 Å². The van der Waals surface area contributed by atoms with E-state index in [2.05, 4.69) is 27.4 Å². The number of carbonyl (C=O) groups is 2. The molecule has 1 fully saturated rings. The lowest BCUT2D eigenvalue weighted by Crippen LogP contribution is -2.32. The molecule has 31 heavy (non-hydrogen) atoms. The van der Waals surface area contributed by atoms with Crippen molar-refractivity contribution < 1.29 is 14.3 Å². The van der Waals surface area contributed by atoms with Gasteiger partial charge < -0.3 is 15.0 Å². The molecule has 1 aliphatic heterocycles. The number of amides is 2. The number of aryl methyl sites for hydroxylation is 1. The number of hydrogen-bond acceptors (Lipinski definition) is 5. The minimum atomic E-state index is -0.387. The Labute approximate surface area is 180 Å². The predicted octanol–water partition coefficient (Wildman–Crippen LogP) is 2.71. The third kappa shape index (κ3) is 4.58. The zero-order chi connectivity index (χ0) is 21.8. The second-order valence-electron chi connectivity index (χ2n) is 7.48. The second kappa shape index (κ2) is 8.99. The molecule has 0 spiro atoms. The van der Waals surface area contributed by atoms with Crippen LogP contribution in [0.15, 0.2) is 48.5 Å². The van der Waals surface area contributed by atoms with Crippen molar-refractivity contribution in [1.29, 1.82) is 0 Å². The molecule has 3 aromatic rings. The van der Waals surface area contributed by atoms with Gasteiger partial charge in [-0.15, -0.1) is 0 Å². The summed E-state index contributed by atoms with van der Waals surface area (Å²) in [7, 11) is 1.61. The molecule has 1 aromatic heterocycles. The summed E-state index contributed by atoms with van der Waals surface area (Å²) in [5.74, 6) is 1.27. The number of nitrogens with one attached hydrogen (secondary N) is 2. The molecule has 0 bridgehead atoms. The number of aromatic amines is 1. The van der Waals surface area contributed by atoms with Gasteiger partial charge >= 0.3 is 0 Å². The van der Waals surface area contributed by atoms with Crippen LogP contribution in [0.3, 0.4) is 0 Å². The van der Waals surface area contributed by atoms with Crippen molar-refractivity contribution in [2.24, 2.45) is 5.92 Å². The number of methoxy groups -OCH3 is 1. The SMILES string of the molecule is CCc1ccc(N2CC(C(=O)NCc3nc(-c4ccc(OC)cc4)n[nH]3)CC2=O)cc1. The van der Waals surface area contributed by atoms with Gasteiger partial charge in [-0.2, -0.15) is 5.10 Å². The minimum Gasteiger partial charge on any atom is -0.497 e. The maximum absolute atomic E-state index is 12.6. The highest BCUT2D eigenvalue weighted by atomic mass is 16.5. The van der Waals surface area contributed by atoms with Gasteiger partial charge in [0.25, 0.3) is 0 Å². The minimum absolute atomic E-state index is 0.0362. The lowest BCUT2D eigenvalue weighted by Gasteiger charge is -2.17. The summed E-state index contributed by atoms with van der Waals surface area (Å²) in [5.41, 5.74) is 2.89. The van der Waals surface area contributed by atoms with E-state index in [1.165, 1.54) is 5.56 Å². The molecule has 160 valence electrons. The topological polar surface area (TPSA) is 100 Å². The van der Waals surface area contributed by atoms with Gasteiger partial charge in [-0.3, -0.25) is 14.7 Å². The Balaban J connectivity index is 1.33. The van der Waals surface area contributed by atoms with Crippen molar-refractivity contribution in [1.82, 2.24) is 20.5 Å². The van der Waals surface area contributed by atoms with Crippen molar-refractivity contribution in [3.05, 3.63) is 59.9 Å². The van der Waals surface area contributed by atoms with Crippen molar-refractivity contribution in [2.75, 3.05) is 18.6 Å². The summed E-state index contributed by atoms with van der Waals surface area (Å²) < 4.78 is 5.15. The van der Waals surface area contributed by atoms with Crippen molar-refractivity contribution in [3.63, 3.8) is 0 Å². The van der Waals surface area contributed by atoms with E-state index in [0.29, 0.717) is 18.2 Å². The van der Waals surface area contributed by atoms with Gasteiger partial charge in [0, 0.05) is 24.2 Å². The first-order valence-electron chi connectivity index (χ1n) is 10.3. The number of anilines is 1. The highest BCUT2D eigenvalue weighted by Gasteiger charge is 2.35. The van der Waals surface area contributed by atoms with E-state index in [4.69, 9.17) is 4.74 Å². The Hall–Kier alpha value is -3.68. The number of H-pyrrole nitrogens is 1. The Bertz CT molecular complexity index is 1060. The molecule has 1 atom stereocenters. The molecular weight excluding hydrogens is 394 g/mol. The molecule has 2 aromatic carbocycles. The first-order valence-corrected chi connectivity index (χ1v) is 10.3. The first kappa shape index (κ1) is 20.6. The molecule has 0 radical (unpaired) electrons. The van der Waals surface area contributed by atoms with Gasteiger partial charge in [0.1, 0.15) is 11.6 Å². The van der Waals surface area contributed by atoms with Crippen LogP contribution >= 0.6 is 0 Å². The zero-order valence-electron chi connectivity index (χ0n) is 17.6. The first-order chi connectivity index (χ1) is 15.1. The molecule has 8 nitrogen and oxygen atoms in total. The maximum atomic E-state index is 12.6. The number of aromatic nitrogens is 3. The number of ether oxygens (including phenoxy) is 1. The summed E-state index contributed by atoms with van der Waals surface area (Å²) >= 11 is 0. The van der Waals surface area contributed by atoms with Gasteiger partial charge in [0.05, 0.1) is 19.6 Å². The fraction of sp³-hybridized carbons (Fsp3) is 0.304. The molecule has 0 aliphatic carbocycles. The molecule has 2 N–H and O–H groups in total. The Morgan fingerprint density at radius 2 is 1.94 bits per heavy atom. The van der Waals surface area contributed by atoms with E-state index in [9.17, 15) is 9.59 Å². The number of nitrogens with zero attached hydrogens (tertiary/aromatic N) is 3. The fourth-order valence-electron chi connectivity index (χ4n) is 3.60. The highest BCUT2D eigenvalue weighted by Crippen LogP contribution is 2.26. The van der Waals surface area contributed by atoms with Gasteiger partial charge in [-0.25, -0.2) is 4.98 Å². The van der Waals surface area contributed by atoms with Crippen molar-refractivity contribution in [2.45, 2.75) is 26.3 Å². The normalized spacial score (nSPS) is 15.9. The standard InChI is InChI=1S/C23H25N5O3/c1-3-15-4-8-18(9-5-15)28-14-17(12-21(28)29)23(30)24-13-20-25-22(27-26-20)16-6-10-19(31-2)11-7-16/h4-11,17H,3,12-14H2,1-2H3,(H,24,30)(H,25,26,27). The van der Waals surface area contributed by atoms with Crippen LogP contribution in [0.5, 0.6) is 5.75 Å². The highest BCUT2D eigenvalue weighted by molar-refractivity contribution is 6.00. The average Bonchev–Trinajstić information content (AvgIpc) is 3.44. The Kier molecular flexibility index (Phi) is 5.97. The third-order valence-electron chi connectivity index (χ3n) is 5.46.